The van der Waals surface area contributed by atoms with Crippen LogP contribution in [0.3, 0.4) is 0 Å². The molecule has 0 radical (unpaired) electrons. The highest BCUT2D eigenvalue weighted by Gasteiger charge is 2.24. The molecular weight excluding hydrogens is 506 g/mol. The van der Waals surface area contributed by atoms with Gasteiger partial charge >= 0.3 is 0 Å². The Bertz CT molecular complexity index is 1540. The Morgan fingerprint density at radius 1 is 0.947 bits per heavy atom. The molecule has 1 unspecified atom stereocenters. The van der Waals surface area contributed by atoms with Crippen LogP contribution < -0.4 is 20.8 Å². The van der Waals surface area contributed by atoms with Crippen LogP contribution in [0.4, 0.5) is 5.69 Å². The summed E-state index contributed by atoms with van der Waals surface area (Å²) < 4.78 is 8.01. The van der Waals surface area contributed by atoms with Crippen LogP contribution >= 0.6 is 11.6 Å². The Morgan fingerprint density at radius 2 is 1.63 bits per heavy atom. The topological polar surface area (TPSA) is 92.8 Å². The number of halogens is 1. The van der Waals surface area contributed by atoms with Gasteiger partial charge in [-0.3, -0.25) is 14.5 Å². The Hall–Kier alpha value is -3.66. The number of aliphatic hydroxyl groups is 1. The van der Waals surface area contributed by atoms with Crippen LogP contribution in [-0.4, -0.2) is 70.3 Å². The van der Waals surface area contributed by atoms with Gasteiger partial charge in [0, 0.05) is 49.1 Å². The average molecular weight is 536 g/mol. The smallest absolute Gasteiger partial charge is 0.279 e. The number of anilines is 1. The van der Waals surface area contributed by atoms with Crippen molar-refractivity contribution in [1.82, 2.24) is 19.2 Å². The summed E-state index contributed by atoms with van der Waals surface area (Å²) in [6.45, 7) is 5.18. The fraction of sp³-hybridized carbons (Fsp3) is 0.321. The lowest BCUT2D eigenvalue weighted by Crippen LogP contribution is -2.50. The van der Waals surface area contributed by atoms with Gasteiger partial charge in [-0.2, -0.15) is 0 Å². The van der Waals surface area contributed by atoms with Crippen LogP contribution in [0.5, 0.6) is 5.88 Å². The summed E-state index contributed by atoms with van der Waals surface area (Å²) in [6, 6.07) is 18.3. The van der Waals surface area contributed by atoms with E-state index in [0.717, 1.165) is 31.9 Å². The predicted molar refractivity (Wildman–Crippen MR) is 149 cm³/mol. The zero-order valence-electron chi connectivity index (χ0n) is 21.4. The predicted octanol–water partition coefficient (Wildman–Crippen LogP) is 2.70. The molecule has 38 heavy (non-hydrogen) atoms. The van der Waals surface area contributed by atoms with E-state index >= 15 is 0 Å². The van der Waals surface area contributed by atoms with Gasteiger partial charge in [-0.05, 0) is 49.4 Å². The van der Waals surface area contributed by atoms with Crippen molar-refractivity contribution in [3.05, 3.63) is 92.1 Å². The van der Waals surface area contributed by atoms with E-state index in [0.29, 0.717) is 22.9 Å². The minimum Gasteiger partial charge on any atom is -0.480 e. The van der Waals surface area contributed by atoms with Crippen LogP contribution in [0.1, 0.15) is 5.69 Å². The molecule has 1 aliphatic rings. The number of aromatic nitrogens is 3. The number of para-hydroxylation sites is 1. The second-order valence-electron chi connectivity index (χ2n) is 9.45. The molecule has 0 saturated carbocycles. The minimum absolute atomic E-state index is 0.0622. The molecule has 0 aliphatic carbocycles. The highest BCUT2D eigenvalue weighted by molar-refractivity contribution is 6.30. The summed E-state index contributed by atoms with van der Waals surface area (Å²) in [4.78, 5) is 36.2. The number of hydrogen-bond donors (Lipinski definition) is 1. The van der Waals surface area contributed by atoms with E-state index in [9.17, 15) is 14.7 Å². The molecule has 1 N–H and O–H groups in total. The molecule has 4 aromatic rings. The van der Waals surface area contributed by atoms with Gasteiger partial charge in [0.25, 0.3) is 11.1 Å². The maximum atomic E-state index is 13.8. The zero-order chi connectivity index (χ0) is 26.8. The maximum absolute atomic E-state index is 13.8. The fourth-order valence-electron chi connectivity index (χ4n) is 5.00. The number of fused-ring (bicyclic) bond motifs is 1. The van der Waals surface area contributed by atoms with Crippen molar-refractivity contribution in [3.63, 3.8) is 0 Å². The molecule has 10 heteroatoms. The van der Waals surface area contributed by atoms with Crippen molar-refractivity contribution in [1.29, 1.82) is 0 Å². The van der Waals surface area contributed by atoms with Crippen molar-refractivity contribution < 1.29 is 9.84 Å². The molecule has 198 valence electrons. The molecule has 1 atom stereocenters. The normalized spacial score (nSPS) is 15.1. The molecular formula is C28H30ClN5O4. The van der Waals surface area contributed by atoms with Crippen LogP contribution in [0.2, 0.25) is 5.02 Å². The summed E-state index contributed by atoms with van der Waals surface area (Å²) in [5, 5.41) is 12.2. The van der Waals surface area contributed by atoms with Gasteiger partial charge in [-0.15, -0.1) is 0 Å². The molecule has 2 aromatic carbocycles. The second-order valence-corrected chi connectivity index (χ2v) is 9.89. The number of benzene rings is 2. The number of aliphatic hydroxyl groups excluding tert-OH is 1. The summed E-state index contributed by atoms with van der Waals surface area (Å²) in [5.41, 5.74) is 1.40. The SMILES string of the molecule is COc1nc(C)cc2c(=O)n(-c3ccccc3)n(CC(O)CN3CCN(c4ccc(Cl)cc4)CC3)c(=O)c12. The average Bonchev–Trinajstić information content (AvgIpc) is 2.92. The number of hydrogen-bond acceptors (Lipinski definition) is 7. The molecule has 1 saturated heterocycles. The first kappa shape index (κ1) is 26.0. The summed E-state index contributed by atoms with van der Waals surface area (Å²) in [6.07, 6.45) is -0.883. The molecule has 2 aromatic heterocycles. The Kier molecular flexibility index (Phi) is 7.51. The lowest BCUT2D eigenvalue weighted by atomic mass is 10.2. The Labute approximate surface area is 225 Å². The van der Waals surface area contributed by atoms with E-state index in [2.05, 4.69) is 14.8 Å². The third kappa shape index (κ3) is 5.18. The van der Waals surface area contributed by atoms with Gasteiger partial charge in [0.1, 0.15) is 5.39 Å². The van der Waals surface area contributed by atoms with E-state index < -0.39 is 11.7 Å². The standard InChI is InChI=1S/C28H30ClN5O4/c1-19-16-24-25(26(30-19)38-2)28(37)33(34(27(24)36)22-6-4-3-5-7-22)18-23(35)17-31-12-14-32(15-13-31)21-10-8-20(29)9-11-21/h3-11,16,23,35H,12-15,17-18H2,1-2H3. The number of nitrogens with zero attached hydrogens (tertiary/aromatic N) is 5. The minimum atomic E-state index is -0.883. The van der Waals surface area contributed by atoms with Crippen LogP contribution in [0, 0.1) is 6.92 Å². The van der Waals surface area contributed by atoms with Gasteiger partial charge in [-0.1, -0.05) is 29.8 Å². The number of ether oxygens (including phenoxy) is 1. The van der Waals surface area contributed by atoms with Gasteiger partial charge in [-0.25, -0.2) is 14.3 Å². The molecule has 5 rings (SSSR count). The van der Waals surface area contributed by atoms with E-state index in [1.54, 1.807) is 37.3 Å². The quantitative estimate of drug-likeness (QED) is 0.389. The summed E-state index contributed by atoms with van der Waals surface area (Å²) >= 11 is 6.01. The van der Waals surface area contributed by atoms with E-state index in [1.807, 2.05) is 30.3 Å². The number of piperazine rings is 1. The van der Waals surface area contributed by atoms with Gasteiger partial charge in [0.15, 0.2) is 0 Å². The van der Waals surface area contributed by atoms with Crippen molar-refractivity contribution in [2.75, 3.05) is 44.7 Å². The molecule has 0 amide bonds. The molecule has 3 heterocycles. The maximum Gasteiger partial charge on any atom is 0.279 e. The highest BCUT2D eigenvalue weighted by Crippen LogP contribution is 2.21. The van der Waals surface area contributed by atoms with E-state index in [-0.39, 0.29) is 28.8 Å². The first-order valence-electron chi connectivity index (χ1n) is 12.5. The second kappa shape index (κ2) is 11.0. The third-order valence-electron chi connectivity index (χ3n) is 6.84. The molecule has 9 nitrogen and oxygen atoms in total. The first-order valence-corrected chi connectivity index (χ1v) is 12.9. The van der Waals surface area contributed by atoms with Crippen molar-refractivity contribution >= 4 is 28.1 Å². The van der Waals surface area contributed by atoms with Crippen molar-refractivity contribution in [2.45, 2.75) is 19.6 Å². The van der Waals surface area contributed by atoms with E-state index in [4.69, 9.17) is 16.3 Å². The van der Waals surface area contributed by atoms with Gasteiger partial charge in [0.2, 0.25) is 5.88 Å². The number of pyridine rings is 1. The Morgan fingerprint density at radius 3 is 2.29 bits per heavy atom. The molecule has 1 fully saturated rings. The van der Waals surface area contributed by atoms with Gasteiger partial charge < -0.3 is 14.7 Å². The lowest BCUT2D eigenvalue weighted by molar-refractivity contribution is 0.0887. The van der Waals surface area contributed by atoms with Crippen molar-refractivity contribution in [2.24, 2.45) is 0 Å². The van der Waals surface area contributed by atoms with E-state index in [1.165, 1.54) is 16.5 Å². The number of rotatable bonds is 7. The van der Waals surface area contributed by atoms with Crippen LogP contribution in [0.15, 0.2) is 70.3 Å². The summed E-state index contributed by atoms with van der Waals surface area (Å²) in [7, 11) is 1.42. The highest BCUT2D eigenvalue weighted by atomic mass is 35.5. The zero-order valence-corrected chi connectivity index (χ0v) is 22.1. The molecule has 0 bridgehead atoms. The Balaban J connectivity index is 1.42. The fourth-order valence-corrected chi connectivity index (χ4v) is 5.12. The van der Waals surface area contributed by atoms with Crippen molar-refractivity contribution in [3.8, 4) is 11.6 Å². The van der Waals surface area contributed by atoms with Gasteiger partial charge in [0.05, 0.1) is 30.8 Å². The first-order chi connectivity index (χ1) is 18.4. The monoisotopic (exact) mass is 535 g/mol. The molecule has 1 aliphatic heterocycles. The largest absolute Gasteiger partial charge is 0.480 e. The lowest BCUT2D eigenvalue weighted by Gasteiger charge is -2.37. The number of β-amino-alcohol motifs (C(OH)–C–C–N with tert-alkyl or cyclic N) is 1. The third-order valence-corrected chi connectivity index (χ3v) is 7.09. The van der Waals surface area contributed by atoms with Crippen LogP contribution in [-0.2, 0) is 6.54 Å². The number of aryl methyl sites for hydroxylation is 1. The molecule has 0 spiro atoms. The summed E-state index contributed by atoms with van der Waals surface area (Å²) in [5.74, 6) is 0.101. The van der Waals surface area contributed by atoms with Crippen LogP contribution in [0.25, 0.3) is 16.5 Å². The number of methoxy groups -OCH3 is 1.